The number of nitrogens with zero attached hydrogens (tertiary/aromatic N) is 3. The number of fused-ring (bicyclic) bond motifs is 1. The molecule has 0 spiro atoms. The van der Waals surface area contributed by atoms with Gasteiger partial charge in [0.25, 0.3) is 0 Å². The summed E-state index contributed by atoms with van der Waals surface area (Å²) in [5.74, 6) is -0.930. The van der Waals surface area contributed by atoms with E-state index < -0.39 is 5.97 Å². The molecule has 0 aliphatic rings. The van der Waals surface area contributed by atoms with Crippen LogP contribution in [-0.2, 0) is 11.3 Å². The normalized spacial score (nSPS) is 10.6. The number of hydrogen-bond donors (Lipinski definition) is 2. The largest absolute Gasteiger partial charge is 0.480 e. The Morgan fingerprint density at radius 2 is 2.43 bits per heavy atom. The van der Waals surface area contributed by atoms with Gasteiger partial charge in [-0.25, -0.2) is 9.97 Å². The number of aromatic nitrogens is 4. The zero-order valence-electron chi connectivity index (χ0n) is 6.97. The van der Waals surface area contributed by atoms with Gasteiger partial charge in [0.15, 0.2) is 4.64 Å². The van der Waals surface area contributed by atoms with Crippen molar-refractivity contribution in [2.24, 2.45) is 0 Å². The summed E-state index contributed by atoms with van der Waals surface area (Å²) in [5.41, 5.74) is 1.09. The summed E-state index contributed by atoms with van der Waals surface area (Å²) in [6.45, 7) is -0.147. The van der Waals surface area contributed by atoms with E-state index in [4.69, 9.17) is 17.3 Å². The lowest BCUT2D eigenvalue weighted by Gasteiger charge is -1.97. The van der Waals surface area contributed by atoms with Crippen LogP contribution in [0.4, 0.5) is 0 Å². The first kappa shape index (κ1) is 8.82. The molecular formula is C7H6N4O2S. The second kappa shape index (κ2) is 3.18. The predicted octanol–water partition coefficient (Wildman–Crippen LogP) is 0.573. The molecule has 0 atom stereocenters. The molecule has 0 unspecified atom stereocenters. The highest BCUT2D eigenvalue weighted by molar-refractivity contribution is 7.71. The van der Waals surface area contributed by atoms with Crippen LogP contribution >= 0.6 is 12.2 Å². The second-order valence-electron chi connectivity index (χ2n) is 2.67. The molecule has 0 aliphatic carbocycles. The SMILES string of the molecule is O=C(O)Cn1cnc2c(=S)nc[nH]c21. The zero-order chi connectivity index (χ0) is 10.1. The minimum Gasteiger partial charge on any atom is -0.480 e. The van der Waals surface area contributed by atoms with Gasteiger partial charge in [-0.05, 0) is 0 Å². The van der Waals surface area contributed by atoms with Crippen molar-refractivity contribution in [1.82, 2.24) is 19.5 Å². The Morgan fingerprint density at radius 1 is 1.64 bits per heavy atom. The molecule has 2 aromatic rings. The Labute approximate surface area is 83.2 Å². The van der Waals surface area contributed by atoms with Crippen LogP contribution in [0, 0.1) is 4.64 Å². The van der Waals surface area contributed by atoms with Gasteiger partial charge < -0.3 is 14.7 Å². The van der Waals surface area contributed by atoms with Crippen LogP contribution in [-0.4, -0.2) is 30.6 Å². The summed E-state index contributed by atoms with van der Waals surface area (Å²) >= 11 is 4.93. The average Bonchev–Trinajstić information content (AvgIpc) is 2.49. The van der Waals surface area contributed by atoms with Crippen molar-refractivity contribution in [1.29, 1.82) is 0 Å². The first-order valence-corrected chi connectivity index (χ1v) is 4.19. The van der Waals surface area contributed by atoms with Gasteiger partial charge in [0.2, 0.25) is 0 Å². The molecule has 0 saturated heterocycles. The number of aromatic amines is 1. The van der Waals surface area contributed by atoms with Crippen LogP contribution in [0.1, 0.15) is 0 Å². The van der Waals surface area contributed by atoms with Crippen LogP contribution in [0.3, 0.4) is 0 Å². The van der Waals surface area contributed by atoms with E-state index in [1.807, 2.05) is 0 Å². The predicted molar refractivity (Wildman–Crippen MR) is 50.3 cm³/mol. The minimum absolute atomic E-state index is 0.147. The van der Waals surface area contributed by atoms with Crippen LogP contribution in [0.2, 0.25) is 0 Å². The molecular weight excluding hydrogens is 204 g/mol. The number of hydrogen-bond acceptors (Lipinski definition) is 4. The summed E-state index contributed by atoms with van der Waals surface area (Å²) in [5, 5.41) is 8.61. The van der Waals surface area contributed by atoms with Gasteiger partial charge in [-0.15, -0.1) is 0 Å². The third-order valence-electron chi connectivity index (χ3n) is 1.73. The summed E-state index contributed by atoms with van der Waals surface area (Å²) < 4.78 is 1.83. The number of carbonyl (C=O) groups is 1. The highest BCUT2D eigenvalue weighted by atomic mass is 32.1. The highest BCUT2D eigenvalue weighted by Gasteiger charge is 2.06. The van der Waals surface area contributed by atoms with E-state index in [2.05, 4.69) is 15.0 Å². The molecule has 0 aromatic carbocycles. The van der Waals surface area contributed by atoms with Crippen LogP contribution in [0.15, 0.2) is 12.7 Å². The molecule has 0 bridgehead atoms. The Hall–Kier alpha value is -1.76. The highest BCUT2D eigenvalue weighted by Crippen LogP contribution is 2.08. The maximum Gasteiger partial charge on any atom is 0.323 e. The molecule has 0 fully saturated rings. The summed E-state index contributed by atoms with van der Waals surface area (Å²) in [4.78, 5) is 21.1. The Balaban J connectivity index is 2.64. The van der Waals surface area contributed by atoms with E-state index in [1.54, 1.807) is 0 Å². The standard InChI is InChI=1S/C7H6N4O2S/c12-4(13)1-11-3-10-5-6(11)8-2-9-7(5)14/h2-3H,1H2,(H,12,13)(H,8,9,14). The Morgan fingerprint density at radius 3 is 3.14 bits per heavy atom. The molecule has 2 heterocycles. The van der Waals surface area contributed by atoms with Gasteiger partial charge in [-0.1, -0.05) is 12.2 Å². The maximum absolute atomic E-state index is 10.5. The molecule has 0 amide bonds. The van der Waals surface area contributed by atoms with E-state index in [1.165, 1.54) is 17.2 Å². The van der Waals surface area contributed by atoms with Crippen LogP contribution in [0.25, 0.3) is 11.2 Å². The van der Waals surface area contributed by atoms with E-state index in [9.17, 15) is 4.79 Å². The fourth-order valence-electron chi connectivity index (χ4n) is 1.17. The van der Waals surface area contributed by atoms with Crippen molar-refractivity contribution in [2.75, 3.05) is 0 Å². The Kier molecular flexibility index (Phi) is 2.01. The van der Waals surface area contributed by atoms with Crippen molar-refractivity contribution in [3.8, 4) is 0 Å². The number of rotatable bonds is 2. The lowest BCUT2D eigenvalue weighted by atomic mass is 10.5. The van der Waals surface area contributed by atoms with Gasteiger partial charge in [0.1, 0.15) is 17.7 Å². The molecule has 0 aliphatic heterocycles. The average molecular weight is 210 g/mol. The number of H-pyrrole nitrogens is 1. The summed E-state index contributed by atoms with van der Waals surface area (Å²) in [6.07, 6.45) is 2.84. The van der Waals surface area contributed by atoms with E-state index in [0.29, 0.717) is 15.8 Å². The molecule has 14 heavy (non-hydrogen) atoms. The molecule has 7 heteroatoms. The molecule has 2 N–H and O–H groups in total. The van der Waals surface area contributed by atoms with Crippen LogP contribution < -0.4 is 0 Å². The topological polar surface area (TPSA) is 83.8 Å². The van der Waals surface area contributed by atoms with E-state index in [-0.39, 0.29) is 6.54 Å². The minimum atomic E-state index is -0.930. The van der Waals surface area contributed by atoms with Gasteiger partial charge in [0, 0.05) is 0 Å². The van der Waals surface area contributed by atoms with Crippen molar-refractivity contribution >= 4 is 29.4 Å². The smallest absolute Gasteiger partial charge is 0.323 e. The quantitative estimate of drug-likeness (QED) is 0.708. The molecule has 6 nitrogen and oxygen atoms in total. The summed E-state index contributed by atoms with van der Waals surface area (Å²) in [6, 6.07) is 0. The van der Waals surface area contributed by atoms with Gasteiger partial charge in [-0.2, -0.15) is 0 Å². The third-order valence-corrected chi connectivity index (χ3v) is 2.03. The third kappa shape index (κ3) is 1.37. The second-order valence-corrected chi connectivity index (χ2v) is 3.06. The summed E-state index contributed by atoms with van der Waals surface area (Å²) in [7, 11) is 0. The van der Waals surface area contributed by atoms with E-state index in [0.717, 1.165) is 0 Å². The van der Waals surface area contributed by atoms with E-state index >= 15 is 0 Å². The van der Waals surface area contributed by atoms with Gasteiger partial charge in [0.05, 0.1) is 12.7 Å². The first-order chi connectivity index (χ1) is 6.68. The molecule has 2 rings (SSSR count). The fourth-order valence-corrected chi connectivity index (χ4v) is 1.37. The van der Waals surface area contributed by atoms with Crippen LogP contribution in [0.5, 0.6) is 0 Å². The molecule has 72 valence electrons. The Bertz CT molecular complexity index is 544. The lowest BCUT2D eigenvalue weighted by Crippen LogP contribution is -2.07. The van der Waals surface area contributed by atoms with Crippen molar-refractivity contribution < 1.29 is 9.90 Å². The monoisotopic (exact) mass is 210 g/mol. The van der Waals surface area contributed by atoms with Crippen molar-refractivity contribution in [3.63, 3.8) is 0 Å². The van der Waals surface area contributed by atoms with Gasteiger partial charge in [-0.3, -0.25) is 4.79 Å². The molecule has 2 aromatic heterocycles. The van der Waals surface area contributed by atoms with Gasteiger partial charge >= 0.3 is 5.97 Å². The molecule has 0 saturated carbocycles. The number of carboxylic acids is 1. The number of imidazole rings is 1. The van der Waals surface area contributed by atoms with Crippen molar-refractivity contribution in [3.05, 3.63) is 17.3 Å². The zero-order valence-corrected chi connectivity index (χ0v) is 7.78. The molecule has 0 radical (unpaired) electrons. The number of aliphatic carboxylic acids is 1. The maximum atomic E-state index is 10.5. The number of carboxylic acid groups (broad SMARTS) is 1. The lowest BCUT2D eigenvalue weighted by molar-refractivity contribution is -0.137. The first-order valence-electron chi connectivity index (χ1n) is 3.79. The van der Waals surface area contributed by atoms with Crippen molar-refractivity contribution in [2.45, 2.75) is 6.54 Å². The fraction of sp³-hybridized carbons (Fsp3) is 0.143. The number of nitrogens with one attached hydrogen (secondary N) is 1.